The molecule has 0 unspecified atom stereocenters. The van der Waals surface area contributed by atoms with Crippen LogP contribution in [-0.2, 0) is 0 Å². The molecule has 0 aliphatic carbocycles. The number of carbonyl (C=O) groups excluding carboxylic acids is 1. The molecule has 2 heterocycles. The minimum absolute atomic E-state index is 0.213. The SMILES string of the molecule is CCCNc1ccc(NC(=O)c2cccnc2)nc1. The van der Waals surface area contributed by atoms with E-state index in [0.29, 0.717) is 11.4 Å². The highest BCUT2D eigenvalue weighted by Gasteiger charge is 2.06. The normalized spacial score (nSPS) is 9.95. The van der Waals surface area contributed by atoms with Crippen LogP contribution < -0.4 is 10.6 Å². The molecule has 2 N–H and O–H groups in total. The van der Waals surface area contributed by atoms with Gasteiger partial charge in [0.1, 0.15) is 5.82 Å². The zero-order valence-electron chi connectivity index (χ0n) is 10.8. The van der Waals surface area contributed by atoms with Crippen LogP contribution in [0.15, 0.2) is 42.9 Å². The van der Waals surface area contributed by atoms with Gasteiger partial charge in [-0.2, -0.15) is 0 Å². The molecule has 0 spiro atoms. The molecule has 2 aromatic rings. The van der Waals surface area contributed by atoms with Crippen molar-refractivity contribution in [2.45, 2.75) is 13.3 Å². The van der Waals surface area contributed by atoms with E-state index in [9.17, 15) is 4.79 Å². The third-order valence-corrected chi connectivity index (χ3v) is 2.51. The van der Waals surface area contributed by atoms with E-state index in [1.165, 1.54) is 6.20 Å². The van der Waals surface area contributed by atoms with Gasteiger partial charge in [0.2, 0.25) is 0 Å². The lowest BCUT2D eigenvalue weighted by Crippen LogP contribution is -2.13. The van der Waals surface area contributed by atoms with Crippen molar-refractivity contribution in [3.8, 4) is 0 Å². The highest BCUT2D eigenvalue weighted by Crippen LogP contribution is 2.10. The maximum absolute atomic E-state index is 11.9. The first-order chi connectivity index (χ1) is 9.29. The van der Waals surface area contributed by atoms with E-state index < -0.39 is 0 Å². The molecule has 0 bridgehead atoms. The molecule has 2 aromatic heterocycles. The summed E-state index contributed by atoms with van der Waals surface area (Å²) >= 11 is 0. The summed E-state index contributed by atoms with van der Waals surface area (Å²) in [6.07, 6.45) is 5.91. The van der Waals surface area contributed by atoms with Crippen molar-refractivity contribution in [3.05, 3.63) is 48.4 Å². The van der Waals surface area contributed by atoms with Crippen LogP contribution in [-0.4, -0.2) is 22.4 Å². The van der Waals surface area contributed by atoms with Gasteiger partial charge in [-0.25, -0.2) is 4.98 Å². The second-order valence-corrected chi connectivity index (χ2v) is 4.05. The van der Waals surface area contributed by atoms with E-state index >= 15 is 0 Å². The predicted molar refractivity (Wildman–Crippen MR) is 75.2 cm³/mol. The first-order valence-electron chi connectivity index (χ1n) is 6.21. The Morgan fingerprint density at radius 1 is 1.26 bits per heavy atom. The van der Waals surface area contributed by atoms with Gasteiger partial charge in [0.15, 0.2) is 0 Å². The molecule has 98 valence electrons. The average molecular weight is 256 g/mol. The van der Waals surface area contributed by atoms with Gasteiger partial charge in [-0.15, -0.1) is 0 Å². The Labute approximate surface area is 112 Å². The van der Waals surface area contributed by atoms with Crippen LogP contribution in [0.2, 0.25) is 0 Å². The molecular weight excluding hydrogens is 240 g/mol. The number of nitrogens with one attached hydrogen (secondary N) is 2. The van der Waals surface area contributed by atoms with Crippen LogP contribution in [0, 0.1) is 0 Å². The third-order valence-electron chi connectivity index (χ3n) is 2.51. The molecule has 5 heteroatoms. The van der Waals surface area contributed by atoms with Gasteiger partial charge < -0.3 is 10.6 Å². The lowest BCUT2D eigenvalue weighted by molar-refractivity contribution is 0.102. The molecule has 0 aliphatic heterocycles. The fourth-order valence-corrected chi connectivity index (χ4v) is 1.53. The predicted octanol–water partition coefficient (Wildman–Crippen LogP) is 2.55. The van der Waals surface area contributed by atoms with E-state index in [1.54, 1.807) is 30.6 Å². The molecule has 0 aliphatic rings. The van der Waals surface area contributed by atoms with Crippen molar-refractivity contribution in [2.24, 2.45) is 0 Å². The quantitative estimate of drug-likeness (QED) is 0.862. The molecule has 0 fully saturated rings. The summed E-state index contributed by atoms with van der Waals surface area (Å²) in [6.45, 7) is 3.01. The maximum atomic E-state index is 11.9. The lowest BCUT2D eigenvalue weighted by Gasteiger charge is -2.06. The number of rotatable bonds is 5. The molecule has 0 saturated carbocycles. The van der Waals surface area contributed by atoms with E-state index in [4.69, 9.17) is 0 Å². The number of hydrogen-bond acceptors (Lipinski definition) is 4. The number of amides is 1. The van der Waals surface area contributed by atoms with Gasteiger partial charge >= 0.3 is 0 Å². The number of nitrogens with zero attached hydrogens (tertiary/aromatic N) is 2. The Hall–Kier alpha value is -2.43. The summed E-state index contributed by atoms with van der Waals surface area (Å²) in [5, 5.41) is 5.95. The minimum atomic E-state index is -0.213. The first kappa shape index (κ1) is 13.0. The second-order valence-electron chi connectivity index (χ2n) is 4.05. The van der Waals surface area contributed by atoms with Crippen LogP contribution in [0.25, 0.3) is 0 Å². The highest BCUT2D eigenvalue weighted by atomic mass is 16.1. The third kappa shape index (κ3) is 3.77. The molecule has 0 saturated heterocycles. The van der Waals surface area contributed by atoms with Gasteiger partial charge in [-0.1, -0.05) is 6.92 Å². The lowest BCUT2D eigenvalue weighted by atomic mass is 10.2. The average Bonchev–Trinajstić information content (AvgIpc) is 2.47. The van der Waals surface area contributed by atoms with Crippen molar-refractivity contribution in [1.29, 1.82) is 0 Å². The van der Waals surface area contributed by atoms with Crippen LogP contribution >= 0.6 is 0 Å². The van der Waals surface area contributed by atoms with E-state index in [1.807, 2.05) is 6.07 Å². The number of anilines is 2. The summed E-state index contributed by atoms with van der Waals surface area (Å²) in [5.41, 5.74) is 1.46. The van der Waals surface area contributed by atoms with E-state index in [-0.39, 0.29) is 5.91 Å². The molecule has 19 heavy (non-hydrogen) atoms. The number of hydrogen-bond donors (Lipinski definition) is 2. The first-order valence-corrected chi connectivity index (χ1v) is 6.21. The summed E-state index contributed by atoms with van der Waals surface area (Å²) < 4.78 is 0. The van der Waals surface area contributed by atoms with Gasteiger partial charge in [-0.3, -0.25) is 9.78 Å². The van der Waals surface area contributed by atoms with Crippen LogP contribution in [0.1, 0.15) is 23.7 Å². The molecule has 5 nitrogen and oxygen atoms in total. The fraction of sp³-hybridized carbons (Fsp3) is 0.214. The zero-order chi connectivity index (χ0) is 13.5. The van der Waals surface area contributed by atoms with E-state index in [2.05, 4.69) is 27.5 Å². The Morgan fingerprint density at radius 2 is 2.16 bits per heavy atom. The van der Waals surface area contributed by atoms with Crippen LogP contribution in [0.5, 0.6) is 0 Å². The van der Waals surface area contributed by atoms with Crippen molar-refractivity contribution in [3.63, 3.8) is 0 Å². The zero-order valence-corrected chi connectivity index (χ0v) is 10.8. The van der Waals surface area contributed by atoms with Crippen LogP contribution in [0.4, 0.5) is 11.5 Å². The summed E-state index contributed by atoms with van der Waals surface area (Å²) in [6, 6.07) is 7.09. The van der Waals surface area contributed by atoms with E-state index in [0.717, 1.165) is 18.7 Å². The van der Waals surface area contributed by atoms with Crippen molar-refractivity contribution in [2.75, 3.05) is 17.2 Å². The smallest absolute Gasteiger partial charge is 0.258 e. The Morgan fingerprint density at radius 3 is 2.79 bits per heavy atom. The summed E-state index contributed by atoms with van der Waals surface area (Å²) in [7, 11) is 0. The second kappa shape index (κ2) is 6.49. The molecular formula is C14H16N4O. The summed E-state index contributed by atoms with van der Waals surface area (Å²) in [5.74, 6) is 0.311. The van der Waals surface area contributed by atoms with Gasteiger partial charge in [0.05, 0.1) is 17.4 Å². The van der Waals surface area contributed by atoms with Crippen LogP contribution in [0.3, 0.4) is 0 Å². The highest BCUT2D eigenvalue weighted by molar-refractivity contribution is 6.03. The Kier molecular flexibility index (Phi) is 4.44. The maximum Gasteiger partial charge on any atom is 0.258 e. The monoisotopic (exact) mass is 256 g/mol. The number of pyridine rings is 2. The fourth-order valence-electron chi connectivity index (χ4n) is 1.53. The topological polar surface area (TPSA) is 66.9 Å². The summed E-state index contributed by atoms with van der Waals surface area (Å²) in [4.78, 5) is 20.0. The molecule has 2 rings (SSSR count). The van der Waals surface area contributed by atoms with Crippen molar-refractivity contribution in [1.82, 2.24) is 9.97 Å². The standard InChI is InChI=1S/C14H16N4O/c1-2-7-16-12-5-6-13(17-10-12)18-14(19)11-4-3-8-15-9-11/h3-6,8-10,16H,2,7H2,1H3,(H,17,18,19). The van der Waals surface area contributed by atoms with Gasteiger partial charge in [0.25, 0.3) is 5.91 Å². The van der Waals surface area contributed by atoms with Gasteiger partial charge in [-0.05, 0) is 30.7 Å². The molecule has 0 radical (unpaired) electrons. The molecule has 0 aromatic carbocycles. The molecule has 1 amide bonds. The largest absolute Gasteiger partial charge is 0.384 e. The van der Waals surface area contributed by atoms with Crippen molar-refractivity contribution >= 4 is 17.4 Å². The van der Waals surface area contributed by atoms with Crippen molar-refractivity contribution < 1.29 is 4.79 Å². The number of carbonyl (C=O) groups is 1. The number of aromatic nitrogens is 2. The Balaban J connectivity index is 1.98. The van der Waals surface area contributed by atoms with Gasteiger partial charge in [0, 0.05) is 18.9 Å². The Bertz CT molecular complexity index is 525. The minimum Gasteiger partial charge on any atom is -0.384 e. The molecule has 0 atom stereocenters.